The lowest BCUT2D eigenvalue weighted by Crippen LogP contribution is -2.36. The van der Waals surface area contributed by atoms with Gasteiger partial charge >= 0.3 is 5.69 Å². The maximum atomic E-state index is 10.9. The topological polar surface area (TPSA) is 137 Å². The van der Waals surface area contributed by atoms with Gasteiger partial charge in [-0.05, 0) is 31.0 Å². The Morgan fingerprint density at radius 3 is 2.66 bits per heavy atom. The molecule has 11 heteroatoms. The van der Waals surface area contributed by atoms with Crippen LogP contribution in [0.15, 0.2) is 54.9 Å². The number of nitro groups is 1. The Morgan fingerprint density at radius 2 is 1.91 bits per heavy atom. The third kappa shape index (κ3) is 4.99. The van der Waals surface area contributed by atoms with Gasteiger partial charge in [0, 0.05) is 61.1 Å². The number of anilines is 3. The van der Waals surface area contributed by atoms with Gasteiger partial charge in [-0.1, -0.05) is 12.1 Å². The third-order valence-corrected chi connectivity index (χ3v) is 5.98. The summed E-state index contributed by atoms with van der Waals surface area (Å²) < 4.78 is 7.35. The number of nitrogen functional groups attached to an aromatic ring is 1. The quantitative estimate of drug-likeness (QED) is 0.224. The average Bonchev–Trinajstić information content (AvgIpc) is 3.36. The van der Waals surface area contributed by atoms with Crippen molar-refractivity contribution < 1.29 is 9.66 Å². The Morgan fingerprint density at radius 1 is 1.11 bits per heavy atom. The number of aromatic nitrogens is 4. The van der Waals surface area contributed by atoms with Gasteiger partial charge in [0.25, 0.3) is 0 Å². The molecule has 5 rings (SSSR count). The van der Waals surface area contributed by atoms with Crippen LogP contribution in [0.1, 0.15) is 12.1 Å². The molecule has 0 spiro atoms. The summed E-state index contributed by atoms with van der Waals surface area (Å²) in [5.74, 6) is 0.637. The molecule has 35 heavy (non-hydrogen) atoms. The fourth-order valence-electron chi connectivity index (χ4n) is 4.13. The van der Waals surface area contributed by atoms with Crippen LogP contribution in [0.25, 0.3) is 16.9 Å². The van der Waals surface area contributed by atoms with Crippen LogP contribution >= 0.6 is 0 Å². The van der Waals surface area contributed by atoms with Crippen molar-refractivity contribution in [3.8, 4) is 11.3 Å². The molecule has 3 aromatic heterocycles. The van der Waals surface area contributed by atoms with Crippen LogP contribution in [-0.4, -0.2) is 57.1 Å². The lowest BCUT2D eigenvalue weighted by atomic mass is 10.1. The zero-order valence-electron chi connectivity index (χ0n) is 19.1. The highest BCUT2D eigenvalue weighted by Gasteiger charge is 2.14. The molecule has 180 valence electrons. The van der Waals surface area contributed by atoms with Gasteiger partial charge in [-0.2, -0.15) is 0 Å². The van der Waals surface area contributed by atoms with Crippen molar-refractivity contribution in [2.45, 2.75) is 12.8 Å². The Balaban J connectivity index is 1.27. The number of pyridine rings is 1. The highest BCUT2D eigenvalue weighted by Crippen LogP contribution is 2.25. The molecule has 1 aliphatic heterocycles. The van der Waals surface area contributed by atoms with E-state index >= 15 is 0 Å². The van der Waals surface area contributed by atoms with E-state index in [2.05, 4.69) is 44.5 Å². The Labute approximate surface area is 201 Å². The molecule has 0 aliphatic carbocycles. The zero-order chi connectivity index (χ0) is 24.2. The normalized spacial score (nSPS) is 13.8. The van der Waals surface area contributed by atoms with Crippen molar-refractivity contribution >= 4 is 28.8 Å². The zero-order valence-corrected chi connectivity index (χ0v) is 19.1. The van der Waals surface area contributed by atoms with Crippen LogP contribution in [0.4, 0.5) is 23.1 Å². The minimum absolute atomic E-state index is 0.0606. The molecule has 0 unspecified atom stereocenters. The van der Waals surface area contributed by atoms with Crippen molar-refractivity contribution in [3.63, 3.8) is 0 Å². The van der Waals surface area contributed by atoms with E-state index in [1.807, 2.05) is 16.7 Å². The number of ether oxygens (including phenoxy) is 1. The highest BCUT2D eigenvalue weighted by molar-refractivity contribution is 5.68. The fourth-order valence-corrected chi connectivity index (χ4v) is 4.13. The molecule has 0 bridgehead atoms. The molecule has 0 radical (unpaired) electrons. The van der Waals surface area contributed by atoms with E-state index in [0.717, 1.165) is 49.6 Å². The molecular formula is C24H26N8O3. The Bertz CT molecular complexity index is 1330. The highest BCUT2D eigenvalue weighted by atomic mass is 16.6. The average molecular weight is 475 g/mol. The summed E-state index contributed by atoms with van der Waals surface area (Å²) >= 11 is 0. The summed E-state index contributed by atoms with van der Waals surface area (Å²) in [6, 6.07) is 13.4. The van der Waals surface area contributed by atoms with Crippen LogP contribution in [0.2, 0.25) is 0 Å². The summed E-state index contributed by atoms with van der Waals surface area (Å²) in [7, 11) is 0. The molecular weight excluding hydrogens is 448 g/mol. The standard InChI is InChI=1S/C24H26N8O3/c25-23-21(32(33)34)8-5-18(28-23)2-1-9-27-24-29-20(16-22-26-10-11-31(22)24)17-3-6-19(7-4-17)30-12-14-35-15-13-30/h3-8,10-11,16H,1-2,9,12-15H2,(H2,25,28)(H,27,29). The number of nitrogens with two attached hydrogens (primary N) is 1. The predicted octanol–water partition coefficient (Wildman–Crippen LogP) is 3.16. The van der Waals surface area contributed by atoms with Gasteiger partial charge in [0.05, 0.1) is 23.8 Å². The van der Waals surface area contributed by atoms with E-state index in [1.54, 1.807) is 12.3 Å². The number of nitrogens with zero attached hydrogens (tertiary/aromatic N) is 6. The fraction of sp³-hybridized carbons (Fsp3) is 0.292. The largest absolute Gasteiger partial charge is 0.378 e. The molecule has 0 atom stereocenters. The Kier molecular flexibility index (Phi) is 6.40. The maximum absolute atomic E-state index is 10.9. The van der Waals surface area contributed by atoms with Crippen molar-refractivity contribution in [2.24, 2.45) is 0 Å². The first-order chi connectivity index (χ1) is 17.1. The molecule has 1 aromatic carbocycles. The molecule has 0 saturated carbocycles. The van der Waals surface area contributed by atoms with Crippen LogP contribution in [0.3, 0.4) is 0 Å². The number of hydrogen-bond donors (Lipinski definition) is 2. The molecule has 11 nitrogen and oxygen atoms in total. The second kappa shape index (κ2) is 9.94. The first-order valence-electron chi connectivity index (χ1n) is 11.5. The van der Waals surface area contributed by atoms with Crippen LogP contribution in [-0.2, 0) is 11.2 Å². The van der Waals surface area contributed by atoms with E-state index in [9.17, 15) is 10.1 Å². The van der Waals surface area contributed by atoms with Gasteiger partial charge in [-0.15, -0.1) is 0 Å². The van der Waals surface area contributed by atoms with Gasteiger partial charge in [0.1, 0.15) is 5.65 Å². The smallest absolute Gasteiger partial charge is 0.311 e. The van der Waals surface area contributed by atoms with E-state index in [4.69, 9.17) is 15.5 Å². The summed E-state index contributed by atoms with van der Waals surface area (Å²) in [5.41, 5.74) is 10.1. The second-order valence-electron chi connectivity index (χ2n) is 8.26. The first-order valence-corrected chi connectivity index (χ1v) is 11.5. The SMILES string of the molecule is Nc1nc(CCCNc2nc(-c3ccc(N4CCOCC4)cc3)cc3nccn23)ccc1[N+](=O)[O-]. The summed E-state index contributed by atoms with van der Waals surface area (Å²) in [4.78, 5) is 26.1. The molecule has 4 heterocycles. The number of nitrogens with one attached hydrogen (secondary N) is 1. The summed E-state index contributed by atoms with van der Waals surface area (Å²) in [6.07, 6.45) is 5.00. The van der Waals surface area contributed by atoms with E-state index in [0.29, 0.717) is 24.6 Å². The van der Waals surface area contributed by atoms with Crippen molar-refractivity contribution in [3.05, 3.63) is 70.7 Å². The predicted molar refractivity (Wildman–Crippen MR) is 134 cm³/mol. The third-order valence-electron chi connectivity index (χ3n) is 5.98. The van der Waals surface area contributed by atoms with Gasteiger partial charge in [-0.3, -0.25) is 14.5 Å². The molecule has 1 fully saturated rings. The lowest BCUT2D eigenvalue weighted by molar-refractivity contribution is -0.384. The Hall–Kier alpha value is -4.25. The molecule has 0 amide bonds. The number of aryl methyl sites for hydroxylation is 1. The summed E-state index contributed by atoms with van der Waals surface area (Å²) in [5, 5.41) is 14.3. The van der Waals surface area contributed by atoms with E-state index in [-0.39, 0.29) is 11.5 Å². The van der Waals surface area contributed by atoms with Crippen molar-refractivity contribution in [1.29, 1.82) is 0 Å². The van der Waals surface area contributed by atoms with Crippen LogP contribution in [0.5, 0.6) is 0 Å². The van der Waals surface area contributed by atoms with E-state index < -0.39 is 4.92 Å². The molecule has 3 N–H and O–H groups in total. The van der Waals surface area contributed by atoms with Gasteiger partial charge in [0.15, 0.2) is 0 Å². The number of rotatable bonds is 8. The number of hydrogen-bond acceptors (Lipinski definition) is 9. The van der Waals surface area contributed by atoms with Gasteiger partial charge in [-0.25, -0.2) is 15.0 Å². The van der Waals surface area contributed by atoms with Crippen LogP contribution < -0.4 is 16.0 Å². The number of imidazole rings is 1. The lowest BCUT2D eigenvalue weighted by Gasteiger charge is -2.28. The number of fused-ring (bicyclic) bond motifs is 1. The number of morpholine rings is 1. The van der Waals surface area contributed by atoms with E-state index in [1.165, 1.54) is 11.8 Å². The number of benzene rings is 1. The second-order valence-corrected chi connectivity index (χ2v) is 8.26. The molecule has 1 saturated heterocycles. The summed E-state index contributed by atoms with van der Waals surface area (Å²) in [6.45, 7) is 3.94. The van der Waals surface area contributed by atoms with Crippen molar-refractivity contribution in [2.75, 3.05) is 48.8 Å². The molecule has 4 aromatic rings. The van der Waals surface area contributed by atoms with Crippen molar-refractivity contribution in [1.82, 2.24) is 19.4 Å². The minimum Gasteiger partial charge on any atom is -0.378 e. The van der Waals surface area contributed by atoms with Gasteiger partial charge in [0.2, 0.25) is 11.8 Å². The van der Waals surface area contributed by atoms with Gasteiger partial charge < -0.3 is 20.7 Å². The first kappa shape index (κ1) is 22.5. The van der Waals surface area contributed by atoms with Crippen LogP contribution in [0, 0.1) is 10.1 Å². The molecule has 1 aliphatic rings. The monoisotopic (exact) mass is 474 g/mol. The minimum atomic E-state index is -0.529. The maximum Gasteiger partial charge on any atom is 0.311 e.